The van der Waals surface area contributed by atoms with Gasteiger partial charge in [0.2, 0.25) is 5.91 Å². The van der Waals surface area contributed by atoms with Crippen molar-refractivity contribution in [1.82, 2.24) is 15.5 Å². The number of hydrogen-bond donors (Lipinski definition) is 3. The fourth-order valence-corrected chi connectivity index (χ4v) is 6.49. The van der Waals surface area contributed by atoms with E-state index < -0.39 is 29.0 Å². The number of carbonyl (C=O) groups is 3. The molecule has 3 aromatic rings. The maximum atomic E-state index is 13.9. The largest absolute Gasteiger partial charge is 0.479 e. The lowest BCUT2D eigenvalue weighted by Crippen LogP contribution is -2.67. The van der Waals surface area contributed by atoms with Gasteiger partial charge in [0.25, 0.3) is 0 Å². The second-order valence-corrected chi connectivity index (χ2v) is 11.4. The Kier molecular flexibility index (Phi) is 7.70. The molecule has 2 aliphatic heterocycles. The van der Waals surface area contributed by atoms with Crippen molar-refractivity contribution in [3.63, 3.8) is 0 Å². The summed E-state index contributed by atoms with van der Waals surface area (Å²) < 4.78 is 11.3. The Labute approximate surface area is 244 Å². The molecule has 0 radical (unpaired) electrons. The van der Waals surface area contributed by atoms with Crippen LogP contribution < -0.4 is 10.6 Å². The Morgan fingerprint density at radius 2 is 1.45 bits per heavy atom. The standard InChI is InChI=1S/C33H35N3O6/c37-29(34-33(30(38)39)14-17-36(22-33)20-23-8-2-1-3-9-23)32(15-18-41-19-16-32)35-31(40)42-21-28-26-12-6-4-10-24(26)25-11-5-7-13-27(25)28/h1-13,28H,14-22H2,(H,34,37)(H,35,40)(H,38,39). The van der Waals surface area contributed by atoms with Crippen LogP contribution in [0.4, 0.5) is 4.79 Å². The number of carboxylic acids is 1. The lowest BCUT2D eigenvalue weighted by molar-refractivity contribution is -0.149. The number of alkyl carbamates (subject to hydrolysis) is 1. The number of benzene rings is 3. The number of amides is 2. The molecular formula is C33H35N3O6. The van der Waals surface area contributed by atoms with Gasteiger partial charge in [-0.1, -0.05) is 78.9 Å². The fourth-order valence-electron chi connectivity index (χ4n) is 6.49. The molecule has 2 fully saturated rings. The minimum atomic E-state index is -1.46. The van der Waals surface area contributed by atoms with Crippen molar-refractivity contribution in [2.75, 3.05) is 32.9 Å². The van der Waals surface area contributed by atoms with Gasteiger partial charge in [0.05, 0.1) is 0 Å². The van der Waals surface area contributed by atoms with Gasteiger partial charge in [0.15, 0.2) is 5.54 Å². The summed E-state index contributed by atoms with van der Waals surface area (Å²) in [7, 11) is 0. The SMILES string of the molecule is O=C(NC1(C(=O)NC2(C(=O)O)CCN(Cc3ccccc3)C2)CCOCC1)OCC1c2ccccc2-c2ccccc21. The molecule has 1 unspecified atom stereocenters. The highest BCUT2D eigenvalue weighted by Crippen LogP contribution is 2.44. The maximum Gasteiger partial charge on any atom is 0.408 e. The average Bonchev–Trinajstić information content (AvgIpc) is 3.56. The summed E-state index contributed by atoms with van der Waals surface area (Å²) in [5.74, 6) is -1.73. The van der Waals surface area contributed by atoms with Crippen molar-refractivity contribution in [3.05, 3.63) is 95.6 Å². The Bertz CT molecular complexity index is 1430. The number of carboxylic acid groups (broad SMARTS) is 1. The molecule has 2 heterocycles. The van der Waals surface area contributed by atoms with E-state index in [0.29, 0.717) is 13.1 Å². The highest BCUT2D eigenvalue weighted by Gasteiger charge is 2.51. The van der Waals surface area contributed by atoms with E-state index in [-0.39, 0.29) is 51.5 Å². The van der Waals surface area contributed by atoms with Gasteiger partial charge in [-0.2, -0.15) is 0 Å². The predicted molar refractivity (Wildman–Crippen MR) is 156 cm³/mol. The van der Waals surface area contributed by atoms with Crippen LogP contribution in [-0.4, -0.2) is 72.0 Å². The van der Waals surface area contributed by atoms with Crippen LogP contribution in [0.3, 0.4) is 0 Å². The summed E-state index contributed by atoms with van der Waals surface area (Å²) in [5.41, 5.74) is 2.71. The van der Waals surface area contributed by atoms with Crippen LogP contribution in [0, 0.1) is 0 Å². The zero-order valence-corrected chi connectivity index (χ0v) is 23.4. The van der Waals surface area contributed by atoms with Crippen LogP contribution in [0.5, 0.6) is 0 Å². The molecule has 3 N–H and O–H groups in total. The van der Waals surface area contributed by atoms with Gasteiger partial charge >= 0.3 is 12.1 Å². The molecule has 0 saturated carbocycles. The van der Waals surface area contributed by atoms with E-state index in [1.807, 2.05) is 71.6 Å². The van der Waals surface area contributed by atoms with E-state index in [1.165, 1.54) is 0 Å². The minimum absolute atomic E-state index is 0.113. The molecule has 42 heavy (non-hydrogen) atoms. The summed E-state index contributed by atoms with van der Waals surface area (Å²) in [6.07, 6.45) is -0.0208. The van der Waals surface area contributed by atoms with E-state index in [0.717, 1.165) is 27.8 Å². The first-order chi connectivity index (χ1) is 20.4. The zero-order chi connectivity index (χ0) is 29.2. The van der Waals surface area contributed by atoms with Crippen LogP contribution >= 0.6 is 0 Å². The predicted octanol–water partition coefficient (Wildman–Crippen LogP) is 3.92. The number of fused-ring (bicyclic) bond motifs is 3. The first kappa shape index (κ1) is 27.9. The first-order valence-corrected chi connectivity index (χ1v) is 14.4. The van der Waals surface area contributed by atoms with Crippen molar-refractivity contribution in [1.29, 1.82) is 0 Å². The van der Waals surface area contributed by atoms with Crippen molar-refractivity contribution in [3.8, 4) is 11.1 Å². The summed E-state index contributed by atoms with van der Waals surface area (Å²) in [4.78, 5) is 41.7. The third-order valence-corrected chi connectivity index (χ3v) is 8.83. The molecule has 9 heteroatoms. The molecule has 0 bridgehead atoms. The molecule has 2 saturated heterocycles. The van der Waals surface area contributed by atoms with Crippen molar-refractivity contribution >= 4 is 18.0 Å². The molecule has 0 spiro atoms. The summed E-state index contributed by atoms with van der Waals surface area (Å²) >= 11 is 0. The number of rotatable bonds is 8. The quantitative estimate of drug-likeness (QED) is 0.377. The second kappa shape index (κ2) is 11.6. The van der Waals surface area contributed by atoms with Gasteiger partial charge in [-0.15, -0.1) is 0 Å². The van der Waals surface area contributed by atoms with Crippen LogP contribution in [0.25, 0.3) is 11.1 Å². The molecule has 1 atom stereocenters. The number of nitrogens with zero attached hydrogens (tertiary/aromatic N) is 1. The number of likely N-dealkylation sites (tertiary alicyclic amines) is 1. The van der Waals surface area contributed by atoms with E-state index in [4.69, 9.17) is 9.47 Å². The number of hydrogen-bond acceptors (Lipinski definition) is 6. The molecule has 218 valence electrons. The normalized spacial score (nSPS) is 21.2. The van der Waals surface area contributed by atoms with E-state index in [2.05, 4.69) is 22.8 Å². The summed E-state index contributed by atoms with van der Waals surface area (Å²) in [6.45, 7) is 1.91. The highest BCUT2D eigenvalue weighted by atomic mass is 16.5. The third kappa shape index (κ3) is 5.37. The Hall–Kier alpha value is -4.21. The zero-order valence-electron chi connectivity index (χ0n) is 23.4. The Morgan fingerprint density at radius 3 is 2.10 bits per heavy atom. The lowest BCUT2D eigenvalue weighted by atomic mass is 9.87. The van der Waals surface area contributed by atoms with E-state index in [1.54, 1.807) is 0 Å². The van der Waals surface area contributed by atoms with Crippen LogP contribution in [0.2, 0.25) is 0 Å². The maximum absolute atomic E-state index is 13.9. The first-order valence-electron chi connectivity index (χ1n) is 14.4. The van der Waals surface area contributed by atoms with Gasteiger partial charge in [-0.05, 0) is 34.2 Å². The molecule has 2 amide bonds. The fraction of sp³-hybridized carbons (Fsp3) is 0.364. The van der Waals surface area contributed by atoms with Crippen LogP contribution in [0.15, 0.2) is 78.9 Å². The Morgan fingerprint density at radius 1 is 0.833 bits per heavy atom. The van der Waals surface area contributed by atoms with Crippen LogP contribution in [-0.2, 0) is 25.6 Å². The molecule has 0 aromatic heterocycles. The average molecular weight is 570 g/mol. The number of carbonyl (C=O) groups excluding carboxylic acids is 2. The van der Waals surface area contributed by atoms with Crippen molar-refractivity contribution in [2.24, 2.45) is 0 Å². The lowest BCUT2D eigenvalue weighted by Gasteiger charge is -2.38. The van der Waals surface area contributed by atoms with E-state index >= 15 is 0 Å². The summed E-state index contributed by atoms with van der Waals surface area (Å²) in [6, 6.07) is 26.0. The van der Waals surface area contributed by atoms with Gasteiger partial charge in [-0.3, -0.25) is 9.69 Å². The minimum Gasteiger partial charge on any atom is -0.479 e. The van der Waals surface area contributed by atoms with Crippen LogP contribution in [0.1, 0.15) is 41.9 Å². The van der Waals surface area contributed by atoms with Gasteiger partial charge in [-0.25, -0.2) is 9.59 Å². The molecular weight excluding hydrogens is 534 g/mol. The molecule has 6 rings (SSSR count). The van der Waals surface area contributed by atoms with Gasteiger partial charge < -0.3 is 25.2 Å². The molecule has 3 aromatic carbocycles. The monoisotopic (exact) mass is 569 g/mol. The molecule has 9 nitrogen and oxygen atoms in total. The highest BCUT2D eigenvalue weighted by molar-refractivity contribution is 5.94. The number of ether oxygens (including phenoxy) is 2. The van der Waals surface area contributed by atoms with Gasteiger partial charge in [0.1, 0.15) is 12.1 Å². The smallest absolute Gasteiger partial charge is 0.408 e. The third-order valence-electron chi connectivity index (χ3n) is 8.83. The number of aliphatic carboxylic acids is 1. The van der Waals surface area contributed by atoms with Gasteiger partial charge in [0, 0.05) is 51.6 Å². The number of nitrogens with one attached hydrogen (secondary N) is 2. The van der Waals surface area contributed by atoms with Crippen molar-refractivity contribution < 1.29 is 29.0 Å². The molecule has 3 aliphatic rings. The van der Waals surface area contributed by atoms with Crippen molar-refractivity contribution in [2.45, 2.75) is 42.8 Å². The van der Waals surface area contributed by atoms with E-state index in [9.17, 15) is 19.5 Å². The Balaban J connectivity index is 1.14. The topological polar surface area (TPSA) is 117 Å². The molecule has 1 aliphatic carbocycles. The summed E-state index contributed by atoms with van der Waals surface area (Å²) in [5, 5.41) is 15.9. The second-order valence-electron chi connectivity index (χ2n) is 11.4.